The van der Waals surface area contributed by atoms with Crippen LogP contribution in [0.5, 0.6) is 0 Å². The zero-order valence-electron chi connectivity index (χ0n) is 39.2. The van der Waals surface area contributed by atoms with E-state index in [1.165, 1.54) is 186 Å². The van der Waals surface area contributed by atoms with Gasteiger partial charge in [-0.3, -0.25) is 9.59 Å². The predicted molar refractivity (Wildman–Crippen MR) is 250 cm³/mol. The van der Waals surface area contributed by atoms with Crippen LogP contribution in [0.15, 0.2) is 12.2 Å². The number of hydrogen-bond acceptors (Lipinski definition) is 5. The molecule has 344 valence electrons. The number of aliphatic hydroxyl groups is 2. The zero-order chi connectivity index (χ0) is 42.4. The molecule has 0 heterocycles. The Balaban J connectivity index is 4.54. The normalized spacial score (nSPS) is 13.3. The molecule has 6 nitrogen and oxygen atoms in total. The van der Waals surface area contributed by atoms with Gasteiger partial charge in [-0.2, -0.15) is 0 Å². The Bertz CT molecular complexity index is 878. The first-order valence-corrected chi connectivity index (χ1v) is 25.9. The Morgan fingerprint density at radius 3 is 1.22 bits per heavy atom. The van der Waals surface area contributed by atoms with E-state index in [1.807, 2.05) is 0 Å². The van der Waals surface area contributed by atoms with E-state index in [4.69, 9.17) is 4.74 Å². The minimum atomic E-state index is -0.782. The summed E-state index contributed by atoms with van der Waals surface area (Å²) in [5.74, 6) is -0.462. The van der Waals surface area contributed by atoms with Gasteiger partial charge in [0.1, 0.15) is 6.10 Å². The van der Waals surface area contributed by atoms with Crippen LogP contribution in [0.1, 0.15) is 284 Å². The fraction of sp³-hybridized carbons (Fsp3) is 0.923. The van der Waals surface area contributed by atoms with Crippen molar-refractivity contribution >= 4 is 11.9 Å². The summed E-state index contributed by atoms with van der Waals surface area (Å²) in [4.78, 5) is 26.1. The number of nitrogens with one attached hydrogen (secondary N) is 1. The molecule has 3 atom stereocenters. The molecule has 58 heavy (non-hydrogen) atoms. The molecule has 0 saturated heterocycles. The lowest BCUT2D eigenvalue weighted by atomic mass is 10.0. The molecule has 0 saturated carbocycles. The third-order valence-corrected chi connectivity index (χ3v) is 12.1. The molecule has 1 amide bonds. The average molecular weight is 820 g/mol. The molecule has 0 aliphatic rings. The maximum Gasteiger partial charge on any atom is 0.306 e. The van der Waals surface area contributed by atoms with E-state index in [0.29, 0.717) is 19.3 Å². The Hall–Kier alpha value is -1.40. The first-order valence-electron chi connectivity index (χ1n) is 25.9. The largest absolute Gasteiger partial charge is 0.462 e. The summed E-state index contributed by atoms with van der Waals surface area (Å²) in [6, 6.07) is -0.695. The van der Waals surface area contributed by atoms with E-state index < -0.39 is 18.2 Å². The average Bonchev–Trinajstić information content (AvgIpc) is 3.22. The molecular formula is C52H101NO5. The first kappa shape index (κ1) is 56.6. The number of ether oxygens (including phenoxy) is 1. The Kier molecular flexibility index (Phi) is 45.5. The van der Waals surface area contributed by atoms with Gasteiger partial charge in [0.15, 0.2) is 0 Å². The minimum Gasteiger partial charge on any atom is -0.462 e. The van der Waals surface area contributed by atoms with Crippen LogP contribution in [-0.2, 0) is 14.3 Å². The van der Waals surface area contributed by atoms with E-state index in [-0.39, 0.29) is 24.9 Å². The Morgan fingerprint density at radius 1 is 0.483 bits per heavy atom. The van der Waals surface area contributed by atoms with Crippen molar-refractivity contribution in [1.82, 2.24) is 5.32 Å². The quantitative estimate of drug-likeness (QED) is 0.0323. The lowest BCUT2D eigenvalue weighted by Gasteiger charge is -2.24. The summed E-state index contributed by atoms with van der Waals surface area (Å²) in [6.45, 7) is 6.48. The standard InChI is InChI=1S/C52H101NO5/c1-4-7-10-13-16-19-22-23-24-25-26-27-30-31-34-37-40-43-48(58-52(57)45-42-39-36-33-29-21-18-15-12-9-6-3)46-51(56)53-49(47-54)50(55)44-41-38-35-32-28-20-17-14-11-8-5-2/h23-24,48-50,54-55H,4-22,25-47H2,1-3H3,(H,53,56)/b24-23+. The summed E-state index contributed by atoms with van der Waals surface area (Å²) in [5, 5.41) is 23.7. The van der Waals surface area contributed by atoms with Gasteiger partial charge in [0.05, 0.1) is 25.2 Å². The number of amides is 1. The molecule has 0 aliphatic carbocycles. The van der Waals surface area contributed by atoms with E-state index in [9.17, 15) is 19.8 Å². The molecule has 0 fully saturated rings. The number of unbranched alkanes of at least 4 members (excludes halogenated alkanes) is 33. The second kappa shape index (κ2) is 46.7. The number of aliphatic hydroxyl groups excluding tert-OH is 2. The van der Waals surface area contributed by atoms with Crippen LogP contribution in [0.2, 0.25) is 0 Å². The molecule has 0 radical (unpaired) electrons. The number of allylic oxidation sites excluding steroid dienone is 2. The highest BCUT2D eigenvalue weighted by Gasteiger charge is 2.24. The van der Waals surface area contributed by atoms with Crippen LogP contribution in [-0.4, -0.2) is 46.9 Å². The van der Waals surface area contributed by atoms with Gasteiger partial charge in [-0.05, 0) is 51.4 Å². The van der Waals surface area contributed by atoms with E-state index in [0.717, 1.165) is 51.4 Å². The number of hydrogen-bond donors (Lipinski definition) is 3. The fourth-order valence-electron chi connectivity index (χ4n) is 8.13. The van der Waals surface area contributed by atoms with Gasteiger partial charge in [-0.15, -0.1) is 0 Å². The highest BCUT2D eigenvalue weighted by Crippen LogP contribution is 2.18. The molecule has 0 rings (SSSR count). The summed E-state index contributed by atoms with van der Waals surface area (Å²) >= 11 is 0. The van der Waals surface area contributed by atoms with Crippen molar-refractivity contribution in [2.75, 3.05) is 6.61 Å². The second-order valence-electron chi connectivity index (χ2n) is 17.9. The topological polar surface area (TPSA) is 95.9 Å². The zero-order valence-corrected chi connectivity index (χ0v) is 39.2. The Labute approximate surface area is 361 Å². The highest BCUT2D eigenvalue weighted by molar-refractivity contribution is 5.77. The van der Waals surface area contributed by atoms with Crippen LogP contribution in [0.3, 0.4) is 0 Å². The predicted octanol–water partition coefficient (Wildman–Crippen LogP) is 15.3. The van der Waals surface area contributed by atoms with Crippen LogP contribution in [0.4, 0.5) is 0 Å². The van der Waals surface area contributed by atoms with Gasteiger partial charge in [-0.1, -0.05) is 232 Å². The summed E-state index contributed by atoms with van der Waals surface area (Å²) in [7, 11) is 0. The van der Waals surface area contributed by atoms with E-state index >= 15 is 0 Å². The lowest BCUT2D eigenvalue weighted by Crippen LogP contribution is -2.46. The van der Waals surface area contributed by atoms with Crippen LogP contribution >= 0.6 is 0 Å². The van der Waals surface area contributed by atoms with Crippen molar-refractivity contribution < 1.29 is 24.5 Å². The van der Waals surface area contributed by atoms with Crippen molar-refractivity contribution in [3.8, 4) is 0 Å². The summed E-state index contributed by atoms with van der Waals surface area (Å²) < 4.78 is 5.93. The van der Waals surface area contributed by atoms with E-state index in [2.05, 4.69) is 38.2 Å². The molecular weight excluding hydrogens is 719 g/mol. The molecule has 6 heteroatoms. The van der Waals surface area contributed by atoms with Crippen LogP contribution in [0, 0.1) is 0 Å². The van der Waals surface area contributed by atoms with Crippen molar-refractivity contribution in [1.29, 1.82) is 0 Å². The van der Waals surface area contributed by atoms with Gasteiger partial charge >= 0.3 is 5.97 Å². The maximum atomic E-state index is 13.2. The maximum absolute atomic E-state index is 13.2. The fourth-order valence-corrected chi connectivity index (χ4v) is 8.13. The number of carbonyl (C=O) groups is 2. The third-order valence-electron chi connectivity index (χ3n) is 12.1. The molecule has 0 aliphatic heterocycles. The molecule has 0 aromatic heterocycles. The number of esters is 1. The van der Waals surface area contributed by atoms with Crippen molar-refractivity contribution in [2.45, 2.75) is 302 Å². The van der Waals surface area contributed by atoms with Gasteiger partial charge in [-0.25, -0.2) is 0 Å². The molecule has 0 spiro atoms. The number of carbonyl (C=O) groups excluding carboxylic acids is 2. The van der Waals surface area contributed by atoms with Crippen LogP contribution in [0.25, 0.3) is 0 Å². The van der Waals surface area contributed by atoms with Gasteiger partial charge in [0.2, 0.25) is 5.91 Å². The molecule has 0 bridgehead atoms. The third kappa shape index (κ3) is 41.3. The second-order valence-corrected chi connectivity index (χ2v) is 17.9. The van der Waals surface area contributed by atoms with Crippen molar-refractivity contribution in [3.63, 3.8) is 0 Å². The van der Waals surface area contributed by atoms with Gasteiger partial charge in [0, 0.05) is 6.42 Å². The SMILES string of the molecule is CCCCCCCC/C=C/CCCCCCCCCC(CC(=O)NC(CO)C(O)CCCCCCCCCCCCC)OC(=O)CCCCCCCCCCCCC. The lowest BCUT2D eigenvalue weighted by molar-refractivity contribution is -0.151. The first-order chi connectivity index (χ1) is 28.5. The number of rotatable bonds is 47. The van der Waals surface area contributed by atoms with E-state index in [1.54, 1.807) is 0 Å². The molecule has 0 aromatic rings. The molecule has 3 unspecified atom stereocenters. The summed E-state index contributed by atoms with van der Waals surface area (Å²) in [5.41, 5.74) is 0. The van der Waals surface area contributed by atoms with Crippen LogP contribution < -0.4 is 5.32 Å². The molecule has 3 N–H and O–H groups in total. The monoisotopic (exact) mass is 820 g/mol. The van der Waals surface area contributed by atoms with Gasteiger partial charge in [0.25, 0.3) is 0 Å². The van der Waals surface area contributed by atoms with Crippen molar-refractivity contribution in [3.05, 3.63) is 12.2 Å². The highest BCUT2D eigenvalue weighted by atomic mass is 16.5. The van der Waals surface area contributed by atoms with Crippen molar-refractivity contribution in [2.24, 2.45) is 0 Å². The smallest absolute Gasteiger partial charge is 0.306 e. The Morgan fingerprint density at radius 2 is 0.828 bits per heavy atom. The summed E-state index contributed by atoms with van der Waals surface area (Å²) in [6.07, 6.45) is 51.3. The van der Waals surface area contributed by atoms with Gasteiger partial charge < -0.3 is 20.3 Å². The molecule has 0 aromatic carbocycles. The minimum absolute atomic E-state index is 0.0814.